The first-order chi connectivity index (χ1) is 13.1. The summed E-state index contributed by atoms with van der Waals surface area (Å²) in [7, 11) is 0. The van der Waals surface area contributed by atoms with E-state index < -0.39 is 0 Å². The molecule has 0 aliphatic carbocycles. The van der Waals surface area contributed by atoms with Gasteiger partial charge in [-0.3, -0.25) is 18.6 Å². The molecule has 1 amide bonds. The minimum Gasteiger partial charge on any atom is -0.337 e. The van der Waals surface area contributed by atoms with Gasteiger partial charge in [0.15, 0.2) is 0 Å². The fourth-order valence-electron chi connectivity index (χ4n) is 3.43. The van der Waals surface area contributed by atoms with Crippen molar-refractivity contribution < 1.29 is 9.18 Å². The van der Waals surface area contributed by atoms with Gasteiger partial charge in [-0.15, -0.1) is 6.58 Å². The van der Waals surface area contributed by atoms with E-state index in [-0.39, 0.29) is 35.2 Å². The summed E-state index contributed by atoms with van der Waals surface area (Å²) in [6.07, 6.45) is 6.91. The van der Waals surface area contributed by atoms with E-state index in [1.54, 1.807) is 39.9 Å². The molecule has 0 spiro atoms. The molecule has 6 nitrogen and oxygen atoms in total. The van der Waals surface area contributed by atoms with Crippen molar-refractivity contribution in [3.8, 4) is 11.3 Å². The quantitative estimate of drug-likeness (QED) is 0.667. The second kappa shape index (κ2) is 6.83. The monoisotopic (exact) mass is 366 g/mol. The van der Waals surface area contributed by atoms with Crippen LogP contribution in [-0.4, -0.2) is 37.8 Å². The third kappa shape index (κ3) is 3.05. The minimum absolute atomic E-state index is 0.158. The number of carbonyl (C=O) groups excluding carboxylic acids is 1. The third-order valence-corrected chi connectivity index (χ3v) is 4.78. The smallest absolute Gasteiger partial charge is 0.295 e. The SMILES string of the molecule is C=CCn1c(-c2ccc(F)cc2)cn2cc(C(=O)N3CCCC3)nc2c1=O. The Labute approximate surface area is 155 Å². The van der Waals surface area contributed by atoms with Crippen molar-refractivity contribution in [2.24, 2.45) is 0 Å². The van der Waals surface area contributed by atoms with Gasteiger partial charge in [0.2, 0.25) is 5.65 Å². The van der Waals surface area contributed by atoms with Crippen LogP contribution in [0.15, 0.2) is 54.1 Å². The molecule has 0 N–H and O–H groups in total. The van der Waals surface area contributed by atoms with Crippen LogP contribution in [0.3, 0.4) is 0 Å². The second-order valence-electron chi connectivity index (χ2n) is 6.58. The van der Waals surface area contributed by atoms with Crippen LogP contribution in [0.5, 0.6) is 0 Å². The molecule has 1 aliphatic rings. The van der Waals surface area contributed by atoms with Crippen LogP contribution in [0, 0.1) is 5.82 Å². The molecule has 3 aromatic rings. The first-order valence-corrected chi connectivity index (χ1v) is 8.87. The number of imidazole rings is 1. The zero-order chi connectivity index (χ0) is 19.0. The summed E-state index contributed by atoms with van der Waals surface area (Å²) in [5, 5.41) is 0. The molecule has 138 valence electrons. The summed E-state index contributed by atoms with van der Waals surface area (Å²) in [6, 6.07) is 5.92. The van der Waals surface area contributed by atoms with Crippen molar-refractivity contribution in [1.29, 1.82) is 0 Å². The molecule has 27 heavy (non-hydrogen) atoms. The molecule has 0 saturated carbocycles. The molecule has 1 aromatic carbocycles. The first-order valence-electron chi connectivity index (χ1n) is 8.87. The lowest BCUT2D eigenvalue weighted by Crippen LogP contribution is -2.28. The van der Waals surface area contributed by atoms with Crippen LogP contribution < -0.4 is 5.56 Å². The lowest BCUT2D eigenvalue weighted by atomic mass is 10.1. The topological polar surface area (TPSA) is 59.6 Å². The number of rotatable bonds is 4. The number of likely N-dealkylation sites (tertiary alicyclic amines) is 1. The Bertz CT molecular complexity index is 1080. The molecule has 1 aliphatic heterocycles. The summed E-state index contributed by atoms with van der Waals surface area (Å²) in [4.78, 5) is 31.6. The number of allylic oxidation sites excluding steroid dienone is 1. The molecule has 4 rings (SSSR count). The average molecular weight is 366 g/mol. The number of halogens is 1. The maximum Gasteiger partial charge on any atom is 0.295 e. The maximum atomic E-state index is 13.3. The van der Waals surface area contributed by atoms with Crippen molar-refractivity contribution >= 4 is 11.6 Å². The largest absolute Gasteiger partial charge is 0.337 e. The molecule has 0 bridgehead atoms. The molecule has 0 unspecified atom stereocenters. The van der Waals surface area contributed by atoms with E-state index in [2.05, 4.69) is 11.6 Å². The van der Waals surface area contributed by atoms with Gasteiger partial charge in [-0.25, -0.2) is 9.37 Å². The molecule has 1 saturated heterocycles. The number of fused-ring (bicyclic) bond motifs is 1. The Balaban J connectivity index is 1.86. The Morgan fingerprint density at radius 2 is 1.89 bits per heavy atom. The van der Waals surface area contributed by atoms with E-state index in [9.17, 15) is 14.0 Å². The molecule has 2 aromatic heterocycles. The van der Waals surface area contributed by atoms with Crippen LogP contribution in [-0.2, 0) is 6.54 Å². The van der Waals surface area contributed by atoms with Crippen molar-refractivity contribution in [1.82, 2.24) is 18.9 Å². The van der Waals surface area contributed by atoms with Gasteiger partial charge in [0, 0.05) is 32.0 Å². The number of amides is 1. The zero-order valence-corrected chi connectivity index (χ0v) is 14.8. The van der Waals surface area contributed by atoms with Gasteiger partial charge < -0.3 is 4.90 Å². The zero-order valence-electron chi connectivity index (χ0n) is 14.8. The highest BCUT2D eigenvalue weighted by atomic mass is 19.1. The van der Waals surface area contributed by atoms with Crippen molar-refractivity contribution in [2.45, 2.75) is 19.4 Å². The molecule has 1 fully saturated rings. The average Bonchev–Trinajstić information content (AvgIpc) is 3.34. The van der Waals surface area contributed by atoms with E-state index in [0.717, 1.165) is 12.8 Å². The van der Waals surface area contributed by atoms with E-state index >= 15 is 0 Å². The lowest BCUT2D eigenvalue weighted by molar-refractivity contribution is 0.0787. The molecular formula is C20H19FN4O2. The Hall–Kier alpha value is -3.22. The number of hydrogen-bond donors (Lipinski definition) is 0. The predicted molar refractivity (Wildman–Crippen MR) is 100 cm³/mol. The number of aromatic nitrogens is 3. The van der Waals surface area contributed by atoms with Gasteiger partial charge >= 0.3 is 0 Å². The van der Waals surface area contributed by atoms with Crippen molar-refractivity contribution in [3.63, 3.8) is 0 Å². The van der Waals surface area contributed by atoms with E-state index in [1.165, 1.54) is 16.7 Å². The Morgan fingerprint density at radius 3 is 2.56 bits per heavy atom. The number of carbonyl (C=O) groups is 1. The summed E-state index contributed by atoms with van der Waals surface area (Å²) in [5.74, 6) is -0.507. The molecular weight excluding hydrogens is 347 g/mol. The Morgan fingerprint density at radius 1 is 1.19 bits per heavy atom. The van der Waals surface area contributed by atoms with E-state index in [1.807, 2.05) is 0 Å². The molecule has 3 heterocycles. The highest BCUT2D eigenvalue weighted by Gasteiger charge is 2.23. The number of benzene rings is 1. The van der Waals surface area contributed by atoms with Crippen LogP contribution in [0.25, 0.3) is 16.9 Å². The highest BCUT2D eigenvalue weighted by Crippen LogP contribution is 2.20. The van der Waals surface area contributed by atoms with Crippen molar-refractivity contribution in [3.05, 3.63) is 71.2 Å². The lowest BCUT2D eigenvalue weighted by Gasteiger charge is -2.12. The maximum absolute atomic E-state index is 13.3. The standard InChI is InChI=1S/C20H19FN4O2/c1-2-9-25-17(14-5-7-15(21)8-6-14)13-24-12-16(22-18(24)20(25)27)19(26)23-10-3-4-11-23/h2,5-8,12-13H,1,3-4,9-11H2. The van der Waals surface area contributed by atoms with Gasteiger partial charge in [0.25, 0.3) is 11.5 Å². The van der Waals surface area contributed by atoms with Crippen molar-refractivity contribution in [2.75, 3.05) is 13.1 Å². The molecule has 0 radical (unpaired) electrons. The van der Waals surface area contributed by atoms with E-state index in [0.29, 0.717) is 24.3 Å². The van der Waals surface area contributed by atoms with E-state index in [4.69, 9.17) is 0 Å². The predicted octanol–water partition coefficient (Wildman–Crippen LogP) is 2.72. The fourth-order valence-corrected chi connectivity index (χ4v) is 3.43. The second-order valence-corrected chi connectivity index (χ2v) is 6.58. The summed E-state index contributed by atoms with van der Waals surface area (Å²) in [5.41, 5.74) is 1.42. The van der Waals surface area contributed by atoms with Gasteiger partial charge in [-0.1, -0.05) is 6.08 Å². The van der Waals surface area contributed by atoms with Crippen LogP contribution >= 0.6 is 0 Å². The summed E-state index contributed by atoms with van der Waals surface area (Å²) in [6.45, 7) is 5.42. The third-order valence-electron chi connectivity index (χ3n) is 4.78. The van der Waals surface area contributed by atoms with Gasteiger partial charge in [-0.2, -0.15) is 0 Å². The molecule has 7 heteroatoms. The van der Waals surface area contributed by atoms with Crippen LogP contribution in [0.4, 0.5) is 4.39 Å². The Kier molecular flexibility index (Phi) is 4.35. The summed E-state index contributed by atoms with van der Waals surface area (Å²) >= 11 is 0. The number of hydrogen-bond acceptors (Lipinski definition) is 3. The molecule has 0 atom stereocenters. The fraction of sp³-hybridized carbons (Fsp3) is 0.250. The number of nitrogens with zero attached hydrogens (tertiary/aromatic N) is 4. The van der Waals surface area contributed by atoms with Gasteiger partial charge in [-0.05, 0) is 42.7 Å². The summed E-state index contributed by atoms with van der Waals surface area (Å²) < 4.78 is 16.4. The van der Waals surface area contributed by atoms with Gasteiger partial charge in [0.1, 0.15) is 11.5 Å². The van der Waals surface area contributed by atoms with Crippen LogP contribution in [0.1, 0.15) is 23.3 Å². The minimum atomic E-state index is -0.349. The first kappa shape index (κ1) is 17.2. The normalized spacial score (nSPS) is 14.0. The van der Waals surface area contributed by atoms with Gasteiger partial charge in [0.05, 0.1) is 5.69 Å². The van der Waals surface area contributed by atoms with Crippen LogP contribution in [0.2, 0.25) is 0 Å². The highest BCUT2D eigenvalue weighted by molar-refractivity contribution is 5.93.